The van der Waals surface area contributed by atoms with Crippen LogP contribution in [0.15, 0.2) is 63.5 Å². The monoisotopic (exact) mass is 448 g/mol. The number of ether oxygens (including phenoxy) is 3. The summed E-state index contributed by atoms with van der Waals surface area (Å²) in [6, 6.07) is 12.7. The second-order valence-electron chi connectivity index (χ2n) is 7.60. The molecule has 2 aliphatic heterocycles. The molecule has 1 aromatic heterocycles. The van der Waals surface area contributed by atoms with E-state index in [-0.39, 0.29) is 12.4 Å². The standard InChI is InChI=1S/C24H20N2O5S/c1-13-4-7-16(8-5-13)21-20(23(28)29-3)14(2)25-24-26(21)22(27)19(32-24)11-15-6-9-17-18(10-15)31-12-30-17/h4-11,21H,12H2,1-3H3/b19-11-/t21-/m0/s1. The summed E-state index contributed by atoms with van der Waals surface area (Å²) >= 11 is 1.29. The van der Waals surface area contributed by atoms with Gasteiger partial charge in [-0.25, -0.2) is 9.79 Å². The molecule has 0 fully saturated rings. The molecule has 32 heavy (non-hydrogen) atoms. The number of hydrogen-bond acceptors (Lipinski definition) is 7. The normalized spacial score (nSPS) is 17.2. The fourth-order valence-corrected chi connectivity index (χ4v) is 4.96. The number of carbonyl (C=O) groups is 1. The Morgan fingerprint density at radius 3 is 2.66 bits per heavy atom. The van der Waals surface area contributed by atoms with Crippen molar-refractivity contribution in [1.82, 2.24) is 4.57 Å². The van der Waals surface area contributed by atoms with E-state index in [0.717, 1.165) is 16.7 Å². The molecule has 0 N–H and O–H groups in total. The molecule has 2 aliphatic rings. The molecule has 3 aromatic rings. The second kappa shape index (κ2) is 7.80. The number of carbonyl (C=O) groups excluding carboxylic acids is 1. The first-order valence-corrected chi connectivity index (χ1v) is 10.8. The minimum atomic E-state index is -0.613. The van der Waals surface area contributed by atoms with E-state index in [1.165, 1.54) is 18.4 Å². The smallest absolute Gasteiger partial charge is 0.338 e. The average molecular weight is 449 g/mol. The highest BCUT2D eigenvalue weighted by Gasteiger charge is 2.33. The van der Waals surface area contributed by atoms with E-state index in [2.05, 4.69) is 4.99 Å². The summed E-state index contributed by atoms with van der Waals surface area (Å²) in [6.07, 6.45) is 1.80. The van der Waals surface area contributed by atoms with Gasteiger partial charge < -0.3 is 14.2 Å². The van der Waals surface area contributed by atoms with Gasteiger partial charge in [0.25, 0.3) is 5.56 Å². The molecule has 3 heterocycles. The van der Waals surface area contributed by atoms with Crippen LogP contribution in [-0.2, 0) is 9.53 Å². The quantitative estimate of drug-likeness (QED) is 0.575. The minimum absolute atomic E-state index is 0.188. The van der Waals surface area contributed by atoms with Crippen LogP contribution in [0.1, 0.15) is 29.7 Å². The Labute approximate surface area is 187 Å². The molecule has 5 rings (SSSR count). The van der Waals surface area contributed by atoms with Crippen molar-refractivity contribution in [1.29, 1.82) is 0 Å². The third-order valence-corrected chi connectivity index (χ3v) is 6.50. The lowest BCUT2D eigenvalue weighted by molar-refractivity contribution is -0.136. The average Bonchev–Trinajstić information content (AvgIpc) is 3.37. The Morgan fingerprint density at radius 1 is 1.16 bits per heavy atom. The summed E-state index contributed by atoms with van der Waals surface area (Å²) in [6.45, 7) is 3.94. The van der Waals surface area contributed by atoms with Crippen molar-refractivity contribution < 1.29 is 19.0 Å². The zero-order chi connectivity index (χ0) is 22.4. The van der Waals surface area contributed by atoms with E-state index < -0.39 is 12.0 Å². The molecule has 0 aliphatic carbocycles. The fraction of sp³-hybridized carbons (Fsp3) is 0.208. The van der Waals surface area contributed by atoms with Crippen molar-refractivity contribution in [2.75, 3.05) is 13.9 Å². The van der Waals surface area contributed by atoms with Crippen LogP contribution in [0.4, 0.5) is 0 Å². The lowest BCUT2D eigenvalue weighted by Gasteiger charge is -2.24. The molecule has 0 amide bonds. The minimum Gasteiger partial charge on any atom is -0.466 e. The van der Waals surface area contributed by atoms with Crippen LogP contribution in [0, 0.1) is 6.92 Å². The predicted octanol–water partition coefficient (Wildman–Crippen LogP) is 2.45. The molecule has 7 nitrogen and oxygen atoms in total. The van der Waals surface area contributed by atoms with Gasteiger partial charge in [0.2, 0.25) is 6.79 Å². The van der Waals surface area contributed by atoms with Gasteiger partial charge in [-0.1, -0.05) is 47.2 Å². The first-order chi connectivity index (χ1) is 15.5. The maximum absolute atomic E-state index is 13.5. The summed E-state index contributed by atoms with van der Waals surface area (Å²) < 4.78 is 17.9. The second-order valence-corrected chi connectivity index (χ2v) is 8.61. The zero-order valence-electron chi connectivity index (χ0n) is 17.7. The first-order valence-electron chi connectivity index (χ1n) is 10.0. The summed E-state index contributed by atoms with van der Waals surface area (Å²) in [5.41, 5.74) is 3.41. The highest BCUT2D eigenvalue weighted by atomic mass is 32.1. The number of rotatable bonds is 3. The van der Waals surface area contributed by atoms with Gasteiger partial charge in [-0.3, -0.25) is 9.36 Å². The van der Waals surface area contributed by atoms with Crippen LogP contribution in [-0.4, -0.2) is 24.4 Å². The topological polar surface area (TPSA) is 79.1 Å². The maximum Gasteiger partial charge on any atom is 0.338 e. The van der Waals surface area contributed by atoms with Gasteiger partial charge in [0, 0.05) is 0 Å². The summed E-state index contributed by atoms with van der Waals surface area (Å²) in [5.74, 6) is 0.830. The first kappa shape index (κ1) is 20.3. The van der Waals surface area contributed by atoms with Crippen molar-refractivity contribution in [3.8, 4) is 11.5 Å². The van der Waals surface area contributed by atoms with Crippen LogP contribution in [0.3, 0.4) is 0 Å². The molecule has 0 saturated heterocycles. The molecular weight excluding hydrogens is 428 g/mol. The van der Waals surface area contributed by atoms with E-state index in [1.807, 2.05) is 49.4 Å². The van der Waals surface area contributed by atoms with E-state index in [0.29, 0.717) is 32.1 Å². The Morgan fingerprint density at radius 2 is 1.91 bits per heavy atom. The molecule has 162 valence electrons. The van der Waals surface area contributed by atoms with Gasteiger partial charge >= 0.3 is 5.97 Å². The lowest BCUT2D eigenvalue weighted by atomic mass is 9.95. The third kappa shape index (κ3) is 3.33. The third-order valence-electron chi connectivity index (χ3n) is 5.51. The Bertz CT molecular complexity index is 1450. The lowest BCUT2D eigenvalue weighted by Crippen LogP contribution is -2.39. The number of nitrogens with zero attached hydrogens (tertiary/aromatic N) is 2. The summed E-state index contributed by atoms with van der Waals surface area (Å²) in [5, 5.41) is 0. The largest absolute Gasteiger partial charge is 0.466 e. The van der Waals surface area contributed by atoms with Crippen molar-refractivity contribution >= 4 is 23.4 Å². The van der Waals surface area contributed by atoms with Crippen molar-refractivity contribution in [3.63, 3.8) is 0 Å². The molecule has 0 radical (unpaired) electrons. The summed E-state index contributed by atoms with van der Waals surface area (Å²) in [7, 11) is 1.33. The van der Waals surface area contributed by atoms with Gasteiger partial charge in [-0.2, -0.15) is 0 Å². The SMILES string of the molecule is COC(=O)C1=C(C)N=c2s/c(=C\c3ccc4c(c3)OCO4)c(=O)n2[C@H]1c1ccc(C)cc1. The zero-order valence-corrected chi connectivity index (χ0v) is 18.6. The number of benzene rings is 2. The van der Waals surface area contributed by atoms with Crippen molar-refractivity contribution in [3.05, 3.63) is 90.1 Å². The maximum atomic E-state index is 13.5. The molecule has 0 unspecified atom stereocenters. The molecule has 8 heteroatoms. The van der Waals surface area contributed by atoms with Crippen LogP contribution in [0.5, 0.6) is 11.5 Å². The number of thiazole rings is 1. The van der Waals surface area contributed by atoms with Crippen LogP contribution >= 0.6 is 11.3 Å². The molecule has 2 aromatic carbocycles. The summed E-state index contributed by atoms with van der Waals surface area (Å²) in [4.78, 5) is 31.3. The number of fused-ring (bicyclic) bond motifs is 2. The number of methoxy groups -OCH3 is 1. The van der Waals surface area contributed by atoms with E-state index >= 15 is 0 Å². The number of esters is 1. The van der Waals surface area contributed by atoms with E-state index in [4.69, 9.17) is 14.2 Å². The Hall–Kier alpha value is -3.65. The Kier molecular flexibility index (Phi) is 4.94. The van der Waals surface area contributed by atoms with Gasteiger partial charge in [-0.15, -0.1) is 0 Å². The van der Waals surface area contributed by atoms with Crippen LogP contribution in [0.2, 0.25) is 0 Å². The van der Waals surface area contributed by atoms with Gasteiger partial charge in [0.05, 0.1) is 29.0 Å². The number of allylic oxidation sites excluding steroid dienone is 1. The predicted molar refractivity (Wildman–Crippen MR) is 120 cm³/mol. The highest BCUT2D eigenvalue weighted by molar-refractivity contribution is 7.07. The van der Waals surface area contributed by atoms with E-state index in [9.17, 15) is 9.59 Å². The van der Waals surface area contributed by atoms with Gasteiger partial charge in [0.1, 0.15) is 0 Å². The molecular formula is C24H20N2O5S. The molecule has 0 saturated carbocycles. The Balaban J connectivity index is 1.70. The van der Waals surface area contributed by atoms with Crippen molar-refractivity contribution in [2.24, 2.45) is 4.99 Å². The molecule has 1 atom stereocenters. The van der Waals surface area contributed by atoms with E-state index in [1.54, 1.807) is 17.6 Å². The molecule has 0 bridgehead atoms. The molecule has 0 spiro atoms. The fourth-order valence-electron chi connectivity index (χ4n) is 3.91. The van der Waals surface area contributed by atoms with Crippen molar-refractivity contribution in [2.45, 2.75) is 19.9 Å². The number of aryl methyl sites for hydroxylation is 1. The van der Waals surface area contributed by atoms with Crippen LogP contribution in [0.25, 0.3) is 6.08 Å². The van der Waals surface area contributed by atoms with Gasteiger partial charge in [-0.05, 0) is 43.2 Å². The van der Waals surface area contributed by atoms with Crippen LogP contribution < -0.4 is 24.4 Å². The van der Waals surface area contributed by atoms with Gasteiger partial charge in [0.15, 0.2) is 16.3 Å². The highest BCUT2D eigenvalue weighted by Crippen LogP contribution is 2.33. The number of aromatic nitrogens is 1. The number of hydrogen-bond donors (Lipinski definition) is 0.